The van der Waals surface area contributed by atoms with E-state index in [0.717, 1.165) is 26.1 Å². The molecular weight excluding hydrogens is 236 g/mol. The van der Waals surface area contributed by atoms with E-state index >= 15 is 0 Å². The number of hydrogen-bond acceptors (Lipinski definition) is 4. The average molecular weight is 262 g/mol. The Balaban J connectivity index is 2.07. The third-order valence-corrected chi connectivity index (χ3v) is 4.47. The van der Waals surface area contributed by atoms with Crippen LogP contribution in [0.3, 0.4) is 0 Å². The second-order valence-corrected chi connectivity index (χ2v) is 5.80. The van der Waals surface area contributed by atoms with E-state index < -0.39 is 0 Å². The second kappa shape index (κ2) is 6.46. The fourth-order valence-electron chi connectivity index (χ4n) is 2.99. The molecule has 19 heavy (non-hydrogen) atoms. The maximum absolute atomic E-state index is 6.13. The molecule has 1 fully saturated rings. The molecule has 1 saturated heterocycles. The van der Waals surface area contributed by atoms with E-state index in [4.69, 9.17) is 5.73 Å². The first-order valence-corrected chi connectivity index (χ1v) is 7.15. The third kappa shape index (κ3) is 3.53. The van der Waals surface area contributed by atoms with Crippen LogP contribution in [0.2, 0.25) is 0 Å². The highest BCUT2D eigenvalue weighted by Crippen LogP contribution is 2.28. The summed E-state index contributed by atoms with van der Waals surface area (Å²) in [6.07, 6.45) is 7.33. The zero-order valence-corrected chi connectivity index (χ0v) is 12.2. The van der Waals surface area contributed by atoms with Crippen LogP contribution in [0, 0.1) is 0 Å². The number of pyridine rings is 1. The molecule has 2 heterocycles. The predicted molar refractivity (Wildman–Crippen MR) is 78.8 cm³/mol. The molecule has 1 aliphatic rings. The van der Waals surface area contributed by atoms with Gasteiger partial charge in [0.05, 0.1) is 0 Å². The van der Waals surface area contributed by atoms with Crippen molar-refractivity contribution < 1.29 is 0 Å². The molecule has 4 heteroatoms. The molecule has 1 aliphatic heterocycles. The van der Waals surface area contributed by atoms with E-state index in [1.807, 2.05) is 18.5 Å². The van der Waals surface area contributed by atoms with Gasteiger partial charge in [-0.1, -0.05) is 6.07 Å². The van der Waals surface area contributed by atoms with E-state index in [1.165, 1.54) is 24.9 Å². The zero-order chi connectivity index (χ0) is 13.7. The minimum absolute atomic E-state index is 0.139. The van der Waals surface area contributed by atoms with Crippen LogP contribution in [0.15, 0.2) is 24.5 Å². The van der Waals surface area contributed by atoms with Gasteiger partial charge in [0.2, 0.25) is 0 Å². The van der Waals surface area contributed by atoms with Gasteiger partial charge in [-0.05, 0) is 58.1 Å². The van der Waals surface area contributed by atoms with Gasteiger partial charge >= 0.3 is 0 Å². The summed E-state index contributed by atoms with van der Waals surface area (Å²) < 4.78 is 0. The number of nitrogens with two attached hydrogens (primary N) is 1. The maximum Gasteiger partial charge on any atom is 0.0344 e. The normalized spacial score (nSPS) is 25.5. The fraction of sp³-hybridized carbons (Fsp3) is 0.667. The van der Waals surface area contributed by atoms with E-state index in [1.54, 1.807) is 0 Å². The first-order valence-electron chi connectivity index (χ1n) is 7.15. The molecule has 0 saturated carbocycles. The lowest BCUT2D eigenvalue weighted by Gasteiger charge is -2.41. The van der Waals surface area contributed by atoms with E-state index in [9.17, 15) is 0 Å². The van der Waals surface area contributed by atoms with Crippen LogP contribution in [0.5, 0.6) is 0 Å². The SMILES string of the molecule is CN1CCCC(CN)(N(C)Cc2cccnc2)CC1. The van der Waals surface area contributed by atoms with Gasteiger partial charge in [-0.3, -0.25) is 9.88 Å². The molecule has 0 radical (unpaired) electrons. The summed E-state index contributed by atoms with van der Waals surface area (Å²) in [6.45, 7) is 3.98. The van der Waals surface area contributed by atoms with Crippen LogP contribution in [0.1, 0.15) is 24.8 Å². The van der Waals surface area contributed by atoms with Crippen molar-refractivity contribution in [3.8, 4) is 0 Å². The topological polar surface area (TPSA) is 45.4 Å². The Morgan fingerprint density at radius 1 is 1.42 bits per heavy atom. The van der Waals surface area contributed by atoms with E-state index in [-0.39, 0.29) is 5.54 Å². The van der Waals surface area contributed by atoms with Crippen molar-refractivity contribution in [3.05, 3.63) is 30.1 Å². The molecular formula is C15H26N4. The number of likely N-dealkylation sites (N-methyl/N-ethyl adjacent to an activating group) is 1. The molecule has 0 amide bonds. The Morgan fingerprint density at radius 3 is 2.95 bits per heavy atom. The molecule has 2 rings (SSSR count). The van der Waals surface area contributed by atoms with Gasteiger partial charge in [0.1, 0.15) is 0 Å². The van der Waals surface area contributed by atoms with Crippen LogP contribution in [0.25, 0.3) is 0 Å². The van der Waals surface area contributed by atoms with Crippen molar-refractivity contribution in [3.63, 3.8) is 0 Å². The maximum atomic E-state index is 6.13. The molecule has 0 aromatic carbocycles. The summed E-state index contributed by atoms with van der Waals surface area (Å²) in [6, 6.07) is 4.13. The van der Waals surface area contributed by atoms with E-state index in [0.29, 0.717) is 0 Å². The van der Waals surface area contributed by atoms with Crippen molar-refractivity contribution in [2.75, 3.05) is 33.7 Å². The van der Waals surface area contributed by atoms with Crippen molar-refractivity contribution in [1.82, 2.24) is 14.8 Å². The summed E-state index contributed by atoms with van der Waals surface area (Å²) in [7, 11) is 4.40. The first-order chi connectivity index (χ1) is 9.16. The van der Waals surface area contributed by atoms with Crippen molar-refractivity contribution >= 4 is 0 Å². The van der Waals surface area contributed by atoms with Crippen molar-refractivity contribution in [1.29, 1.82) is 0 Å². The quantitative estimate of drug-likeness (QED) is 0.889. The monoisotopic (exact) mass is 262 g/mol. The molecule has 1 aromatic heterocycles. The minimum atomic E-state index is 0.139. The summed E-state index contributed by atoms with van der Waals surface area (Å²) in [5.74, 6) is 0. The number of likely N-dealkylation sites (tertiary alicyclic amines) is 1. The molecule has 4 nitrogen and oxygen atoms in total. The van der Waals surface area contributed by atoms with Crippen LogP contribution < -0.4 is 5.73 Å². The first kappa shape index (κ1) is 14.4. The molecule has 0 bridgehead atoms. The number of rotatable bonds is 4. The summed E-state index contributed by atoms with van der Waals surface area (Å²) >= 11 is 0. The van der Waals surface area contributed by atoms with Crippen LogP contribution in [-0.2, 0) is 6.54 Å². The molecule has 106 valence electrons. The summed E-state index contributed by atoms with van der Waals surface area (Å²) in [4.78, 5) is 9.04. The highest BCUT2D eigenvalue weighted by molar-refractivity contribution is 5.09. The minimum Gasteiger partial charge on any atom is -0.329 e. The van der Waals surface area contributed by atoms with Gasteiger partial charge in [-0.25, -0.2) is 0 Å². The lowest BCUT2D eigenvalue weighted by Crippen LogP contribution is -2.52. The Morgan fingerprint density at radius 2 is 2.26 bits per heavy atom. The molecule has 1 atom stereocenters. The van der Waals surface area contributed by atoms with Crippen molar-refractivity contribution in [2.24, 2.45) is 5.73 Å². The largest absolute Gasteiger partial charge is 0.329 e. The average Bonchev–Trinajstić information content (AvgIpc) is 2.62. The van der Waals surface area contributed by atoms with E-state index in [2.05, 4.69) is 34.9 Å². The fourth-order valence-corrected chi connectivity index (χ4v) is 2.99. The summed E-state index contributed by atoms with van der Waals surface area (Å²) in [5, 5.41) is 0. The second-order valence-electron chi connectivity index (χ2n) is 5.80. The smallest absolute Gasteiger partial charge is 0.0344 e. The molecule has 2 N–H and O–H groups in total. The van der Waals surface area contributed by atoms with Gasteiger partial charge in [0, 0.05) is 31.0 Å². The summed E-state index contributed by atoms with van der Waals surface area (Å²) in [5.41, 5.74) is 7.53. The van der Waals surface area contributed by atoms with Gasteiger partial charge in [-0.15, -0.1) is 0 Å². The zero-order valence-electron chi connectivity index (χ0n) is 12.2. The van der Waals surface area contributed by atoms with Gasteiger partial charge in [-0.2, -0.15) is 0 Å². The Kier molecular flexibility index (Phi) is 4.91. The van der Waals surface area contributed by atoms with Crippen LogP contribution in [0.4, 0.5) is 0 Å². The Labute approximate surface area is 116 Å². The van der Waals surface area contributed by atoms with Gasteiger partial charge in [0.25, 0.3) is 0 Å². The highest BCUT2D eigenvalue weighted by atomic mass is 15.2. The molecule has 0 spiro atoms. The van der Waals surface area contributed by atoms with Crippen molar-refractivity contribution in [2.45, 2.75) is 31.3 Å². The predicted octanol–water partition coefficient (Wildman–Crippen LogP) is 1.33. The molecule has 0 aliphatic carbocycles. The lowest BCUT2D eigenvalue weighted by atomic mass is 9.88. The Hall–Kier alpha value is -0.970. The standard InChI is InChI=1S/C15H26N4/c1-18-9-4-6-15(13-16,7-10-18)19(2)12-14-5-3-8-17-11-14/h3,5,8,11H,4,6-7,9-10,12-13,16H2,1-2H3. The van der Waals surface area contributed by atoms with Crippen LogP contribution >= 0.6 is 0 Å². The van der Waals surface area contributed by atoms with Gasteiger partial charge < -0.3 is 10.6 Å². The molecule has 1 unspecified atom stereocenters. The number of hydrogen-bond donors (Lipinski definition) is 1. The molecule has 1 aromatic rings. The third-order valence-electron chi connectivity index (χ3n) is 4.47. The van der Waals surface area contributed by atoms with Gasteiger partial charge in [0.15, 0.2) is 0 Å². The number of aromatic nitrogens is 1. The highest BCUT2D eigenvalue weighted by Gasteiger charge is 2.34. The van der Waals surface area contributed by atoms with Crippen LogP contribution in [-0.4, -0.2) is 54.1 Å². The lowest BCUT2D eigenvalue weighted by molar-refractivity contribution is 0.100. The Bertz CT molecular complexity index is 381. The number of nitrogens with zero attached hydrogens (tertiary/aromatic N) is 3.